The Kier molecular flexibility index (Phi) is 5.55. The standard InChI is InChI=1S/C14H22N6S/c1-5-7-11-17-12(15-8-6-2)9(3)13(18-11)21-14-16-10(4)19-20-14/h5-8H2,1-4H3,(H,15,17,18)(H,16,19,20). The predicted molar refractivity (Wildman–Crippen MR) is 84.8 cm³/mol. The molecule has 0 saturated heterocycles. The van der Waals surface area contributed by atoms with Crippen LogP contribution < -0.4 is 5.32 Å². The van der Waals surface area contributed by atoms with Crippen LogP contribution in [0, 0.1) is 13.8 Å². The fraction of sp³-hybridized carbons (Fsp3) is 0.571. The van der Waals surface area contributed by atoms with Crippen molar-refractivity contribution in [3.63, 3.8) is 0 Å². The van der Waals surface area contributed by atoms with Crippen molar-refractivity contribution in [2.24, 2.45) is 0 Å². The molecular weight excluding hydrogens is 284 g/mol. The number of aromatic amines is 1. The van der Waals surface area contributed by atoms with Gasteiger partial charge in [-0.2, -0.15) is 0 Å². The first-order chi connectivity index (χ1) is 10.1. The highest BCUT2D eigenvalue weighted by Crippen LogP contribution is 2.29. The molecule has 2 rings (SSSR count). The highest BCUT2D eigenvalue weighted by Gasteiger charge is 2.13. The lowest BCUT2D eigenvalue weighted by Crippen LogP contribution is -2.08. The van der Waals surface area contributed by atoms with Gasteiger partial charge in [0, 0.05) is 18.5 Å². The van der Waals surface area contributed by atoms with Crippen LogP contribution in [0.15, 0.2) is 10.2 Å². The van der Waals surface area contributed by atoms with E-state index in [4.69, 9.17) is 0 Å². The van der Waals surface area contributed by atoms with E-state index in [1.54, 1.807) is 0 Å². The lowest BCUT2D eigenvalue weighted by atomic mass is 10.3. The van der Waals surface area contributed by atoms with E-state index in [2.05, 4.69) is 44.3 Å². The minimum Gasteiger partial charge on any atom is -0.370 e. The van der Waals surface area contributed by atoms with E-state index in [1.165, 1.54) is 11.8 Å². The highest BCUT2D eigenvalue weighted by molar-refractivity contribution is 7.99. The molecule has 114 valence electrons. The molecule has 0 saturated carbocycles. The van der Waals surface area contributed by atoms with E-state index in [9.17, 15) is 0 Å². The first-order valence-electron chi connectivity index (χ1n) is 7.32. The quantitative estimate of drug-likeness (QED) is 0.765. The molecule has 2 aromatic heterocycles. The Balaban J connectivity index is 2.30. The number of aryl methyl sites for hydroxylation is 2. The van der Waals surface area contributed by atoms with Crippen LogP contribution >= 0.6 is 11.8 Å². The summed E-state index contributed by atoms with van der Waals surface area (Å²) >= 11 is 1.48. The average Bonchev–Trinajstić information content (AvgIpc) is 2.86. The van der Waals surface area contributed by atoms with Gasteiger partial charge < -0.3 is 5.32 Å². The number of rotatable bonds is 7. The van der Waals surface area contributed by atoms with E-state index < -0.39 is 0 Å². The first-order valence-corrected chi connectivity index (χ1v) is 8.13. The van der Waals surface area contributed by atoms with Gasteiger partial charge in [-0.1, -0.05) is 13.8 Å². The molecule has 2 N–H and O–H groups in total. The van der Waals surface area contributed by atoms with E-state index in [1.807, 2.05) is 13.8 Å². The second-order valence-electron chi connectivity index (χ2n) is 4.90. The highest BCUT2D eigenvalue weighted by atomic mass is 32.2. The van der Waals surface area contributed by atoms with E-state index in [-0.39, 0.29) is 0 Å². The molecule has 0 amide bonds. The topological polar surface area (TPSA) is 79.4 Å². The molecule has 0 bridgehead atoms. The second-order valence-corrected chi connectivity index (χ2v) is 5.86. The smallest absolute Gasteiger partial charge is 0.214 e. The van der Waals surface area contributed by atoms with Gasteiger partial charge in [-0.15, -0.1) is 5.10 Å². The summed E-state index contributed by atoms with van der Waals surface area (Å²) in [5.74, 6) is 2.60. The van der Waals surface area contributed by atoms with Crippen molar-refractivity contribution in [3.05, 3.63) is 17.2 Å². The van der Waals surface area contributed by atoms with Gasteiger partial charge in [-0.25, -0.2) is 15.0 Å². The second kappa shape index (κ2) is 7.40. The number of nitrogens with one attached hydrogen (secondary N) is 2. The van der Waals surface area contributed by atoms with Gasteiger partial charge in [0.25, 0.3) is 0 Å². The van der Waals surface area contributed by atoms with Gasteiger partial charge in [0.05, 0.1) is 0 Å². The summed E-state index contributed by atoms with van der Waals surface area (Å²) in [6, 6.07) is 0. The van der Waals surface area contributed by atoms with Gasteiger partial charge in [-0.05, 0) is 38.5 Å². The zero-order chi connectivity index (χ0) is 15.2. The van der Waals surface area contributed by atoms with Crippen LogP contribution in [-0.4, -0.2) is 31.7 Å². The number of hydrogen-bond donors (Lipinski definition) is 2. The largest absolute Gasteiger partial charge is 0.370 e. The molecule has 6 nitrogen and oxygen atoms in total. The third kappa shape index (κ3) is 4.17. The molecule has 0 unspecified atom stereocenters. The van der Waals surface area contributed by atoms with Crippen LogP contribution in [0.1, 0.15) is 43.9 Å². The molecule has 0 aromatic carbocycles. The maximum absolute atomic E-state index is 4.65. The van der Waals surface area contributed by atoms with Gasteiger partial charge >= 0.3 is 0 Å². The van der Waals surface area contributed by atoms with E-state index >= 15 is 0 Å². The van der Waals surface area contributed by atoms with Crippen molar-refractivity contribution in [1.29, 1.82) is 0 Å². The van der Waals surface area contributed by atoms with Crippen LogP contribution in [0.5, 0.6) is 0 Å². The molecule has 7 heteroatoms. The Hall–Kier alpha value is -1.63. The normalized spacial score (nSPS) is 10.9. The molecule has 21 heavy (non-hydrogen) atoms. The lowest BCUT2D eigenvalue weighted by molar-refractivity contribution is 0.798. The van der Waals surface area contributed by atoms with Gasteiger partial charge in [0.15, 0.2) is 0 Å². The summed E-state index contributed by atoms with van der Waals surface area (Å²) in [4.78, 5) is 13.6. The van der Waals surface area contributed by atoms with Crippen LogP contribution in [-0.2, 0) is 6.42 Å². The fourth-order valence-electron chi connectivity index (χ4n) is 1.84. The Labute approximate surface area is 129 Å². The number of H-pyrrole nitrogens is 1. The minimum absolute atomic E-state index is 0.693. The van der Waals surface area contributed by atoms with Crippen LogP contribution in [0.25, 0.3) is 0 Å². The molecule has 0 aliphatic heterocycles. The lowest BCUT2D eigenvalue weighted by Gasteiger charge is -2.12. The molecule has 0 aliphatic carbocycles. The Morgan fingerprint density at radius 2 is 1.90 bits per heavy atom. The summed E-state index contributed by atoms with van der Waals surface area (Å²) < 4.78 is 0. The Morgan fingerprint density at radius 3 is 2.52 bits per heavy atom. The van der Waals surface area contributed by atoms with Crippen LogP contribution in [0.4, 0.5) is 5.82 Å². The summed E-state index contributed by atoms with van der Waals surface area (Å²) in [6.07, 6.45) is 2.97. The summed E-state index contributed by atoms with van der Waals surface area (Å²) in [5, 5.41) is 12.0. The summed E-state index contributed by atoms with van der Waals surface area (Å²) in [7, 11) is 0. The van der Waals surface area contributed by atoms with Crippen LogP contribution in [0.3, 0.4) is 0 Å². The fourth-order valence-corrected chi connectivity index (χ4v) is 2.69. The molecule has 2 aromatic rings. The third-order valence-electron chi connectivity index (χ3n) is 2.93. The maximum Gasteiger partial charge on any atom is 0.214 e. The van der Waals surface area contributed by atoms with Gasteiger partial charge in [0.1, 0.15) is 22.5 Å². The SMILES string of the molecule is CCCNc1nc(CCC)nc(Sc2n[nH]c(C)n2)c1C. The van der Waals surface area contributed by atoms with Crippen molar-refractivity contribution in [3.8, 4) is 0 Å². The van der Waals surface area contributed by atoms with Crippen molar-refractivity contribution in [2.45, 2.75) is 57.1 Å². The zero-order valence-electron chi connectivity index (χ0n) is 13.0. The molecular formula is C14H22N6S. The molecule has 0 aliphatic rings. The third-order valence-corrected chi connectivity index (χ3v) is 3.88. The van der Waals surface area contributed by atoms with E-state index in [0.717, 1.165) is 53.9 Å². The molecule has 0 spiro atoms. The summed E-state index contributed by atoms with van der Waals surface area (Å²) in [6.45, 7) is 9.11. The monoisotopic (exact) mass is 306 g/mol. The van der Waals surface area contributed by atoms with Crippen LogP contribution in [0.2, 0.25) is 0 Å². The van der Waals surface area contributed by atoms with Crippen molar-refractivity contribution >= 4 is 17.6 Å². The Bertz CT molecular complexity index is 595. The zero-order valence-corrected chi connectivity index (χ0v) is 13.8. The molecule has 0 fully saturated rings. The van der Waals surface area contributed by atoms with Gasteiger partial charge in [0.2, 0.25) is 5.16 Å². The first kappa shape index (κ1) is 15.8. The van der Waals surface area contributed by atoms with E-state index in [0.29, 0.717) is 5.16 Å². The van der Waals surface area contributed by atoms with Crippen molar-refractivity contribution in [1.82, 2.24) is 25.1 Å². The average molecular weight is 306 g/mol. The number of aromatic nitrogens is 5. The van der Waals surface area contributed by atoms with Crippen molar-refractivity contribution < 1.29 is 0 Å². The number of hydrogen-bond acceptors (Lipinski definition) is 6. The van der Waals surface area contributed by atoms with Crippen molar-refractivity contribution in [2.75, 3.05) is 11.9 Å². The minimum atomic E-state index is 0.693. The number of nitrogens with zero attached hydrogens (tertiary/aromatic N) is 4. The molecule has 0 atom stereocenters. The summed E-state index contributed by atoms with van der Waals surface area (Å²) in [5.41, 5.74) is 1.05. The van der Waals surface area contributed by atoms with Gasteiger partial charge in [-0.3, -0.25) is 5.10 Å². The molecule has 0 radical (unpaired) electrons. The predicted octanol–water partition coefficient (Wildman–Crippen LogP) is 3.14. The molecule has 2 heterocycles. The maximum atomic E-state index is 4.65. The Morgan fingerprint density at radius 1 is 1.10 bits per heavy atom. The number of anilines is 1.